The predicted octanol–water partition coefficient (Wildman–Crippen LogP) is 4.85. The quantitative estimate of drug-likeness (QED) is 0.155. The van der Waals surface area contributed by atoms with E-state index in [0.29, 0.717) is 16.7 Å². The van der Waals surface area contributed by atoms with Crippen LogP contribution in [0.5, 0.6) is 0 Å². The smallest absolute Gasteiger partial charge is 0.338 e. The second kappa shape index (κ2) is 11.9. The number of aliphatic hydroxyl groups is 1. The van der Waals surface area contributed by atoms with Crippen molar-refractivity contribution in [2.24, 2.45) is 5.16 Å². The number of aliphatic hydroxyl groups excluding tert-OH is 1. The molecule has 3 aromatic rings. The summed E-state index contributed by atoms with van der Waals surface area (Å²) in [5.74, 6) is -1.44. The molecule has 0 radical (unpaired) electrons. The summed E-state index contributed by atoms with van der Waals surface area (Å²) in [6.07, 6.45) is -0.883. The van der Waals surface area contributed by atoms with Gasteiger partial charge in [0, 0.05) is 22.3 Å². The Morgan fingerprint density at radius 3 is 1.97 bits per heavy atom. The standard InChI is InChI=1S/C26H23NO6S/c1-17(27-33-18(2)28)25(30)20-8-12-22(13-9-20)34-23-14-10-21(11-15-23)26(31)32-16-24(29)19-6-4-3-5-7-19/h3-15,24,29H,16H2,1-2H3/b27-17+. The molecule has 3 rings (SSSR count). The van der Waals surface area contributed by atoms with E-state index in [2.05, 4.69) is 9.99 Å². The van der Waals surface area contributed by atoms with Crippen LogP contribution in [0.3, 0.4) is 0 Å². The van der Waals surface area contributed by atoms with Crippen molar-refractivity contribution in [2.45, 2.75) is 29.7 Å². The molecule has 0 fully saturated rings. The molecule has 1 atom stereocenters. The first-order valence-corrected chi connectivity index (χ1v) is 11.2. The molecule has 0 heterocycles. The average Bonchev–Trinajstić information content (AvgIpc) is 2.86. The summed E-state index contributed by atoms with van der Waals surface area (Å²) in [5, 5.41) is 13.6. The molecule has 0 aliphatic heterocycles. The maximum absolute atomic E-state index is 12.3. The van der Waals surface area contributed by atoms with Crippen LogP contribution in [0.2, 0.25) is 0 Å². The molecule has 7 nitrogen and oxygen atoms in total. The van der Waals surface area contributed by atoms with E-state index in [1.807, 2.05) is 18.2 Å². The van der Waals surface area contributed by atoms with E-state index in [1.165, 1.54) is 25.6 Å². The highest BCUT2D eigenvalue weighted by Gasteiger charge is 2.13. The third-order valence-electron chi connectivity index (χ3n) is 4.64. The fraction of sp³-hybridized carbons (Fsp3) is 0.154. The molecule has 0 saturated carbocycles. The molecule has 0 aliphatic carbocycles. The molecule has 0 bridgehead atoms. The van der Waals surface area contributed by atoms with E-state index < -0.39 is 18.0 Å². The number of rotatable bonds is 9. The van der Waals surface area contributed by atoms with E-state index in [9.17, 15) is 19.5 Å². The van der Waals surface area contributed by atoms with Crippen LogP contribution in [0, 0.1) is 0 Å². The van der Waals surface area contributed by atoms with Crippen LogP contribution < -0.4 is 0 Å². The Hall–Kier alpha value is -3.75. The van der Waals surface area contributed by atoms with Crippen LogP contribution in [-0.4, -0.2) is 35.1 Å². The summed E-state index contributed by atoms with van der Waals surface area (Å²) >= 11 is 1.46. The second-order valence-corrected chi connectivity index (χ2v) is 8.41. The molecule has 8 heteroatoms. The van der Waals surface area contributed by atoms with Crippen molar-refractivity contribution >= 4 is 35.2 Å². The number of benzene rings is 3. The fourth-order valence-electron chi connectivity index (χ4n) is 2.86. The first-order chi connectivity index (χ1) is 16.3. The van der Waals surface area contributed by atoms with Crippen molar-refractivity contribution in [3.63, 3.8) is 0 Å². The minimum atomic E-state index is -0.883. The van der Waals surface area contributed by atoms with E-state index in [-0.39, 0.29) is 18.1 Å². The second-order valence-electron chi connectivity index (χ2n) is 7.26. The number of oxime groups is 1. The summed E-state index contributed by atoms with van der Waals surface area (Å²) in [6, 6.07) is 22.8. The van der Waals surface area contributed by atoms with Crippen molar-refractivity contribution in [3.05, 3.63) is 95.6 Å². The van der Waals surface area contributed by atoms with Crippen molar-refractivity contribution in [3.8, 4) is 0 Å². The Kier molecular flexibility index (Phi) is 8.73. The molecule has 0 amide bonds. The Morgan fingerprint density at radius 1 is 0.853 bits per heavy atom. The normalized spacial score (nSPS) is 12.0. The number of carbonyl (C=O) groups excluding carboxylic acids is 3. The molecular weight excluding hydrogens is 454 g/mol. The van der Waals surface area contributed by atoms with Gasteiger partial charge in [0.15, 0.2) is 0 Å². The molecule has 1 N–H and O–H groups in total. The number of hydrogen-bond acceptors (Lipinski definition) is 8. The molecule has 0 spiro atoms. The van der Waals surface area contributed by atoms with Crippen LogP contribution in [0.4, 0.5) is 0 Å². The van der Waals surface area contributed by atoms with Gasteiger partial charge in [-0.2, -0.15) is 0 Å². The topological polar surface area (TPSA) is 102 Å². The van der Waals surface area contributed by atoms with Gasteiger partial charge in [0.05, 0.1) is 5.56 Å². The summed E-state index contributed by atoms with van der Waals surface area (Å²) in [6.45, 7) is 2.55. The van der Waals surface area contributed by atoms with Crippen LogP contribution in [-0.2, 0) is 14.4 Å². The maximum Gasteiger partial charge on any atom is 0.338 e. The lowest BCUT2D eigenvalue weighted by Crippen LogP contribution is -2.12. The summed E-state index contributed by atoms with van der Waals surface area (Å²) in [4.78, 5) is 41.7. The van der Waals surface area contributed by atoms with Gasteiger partial charge in [-0.3, -0.25) is 4.79 Å². The van der Waals surface area contributed by atoms with Gasteiger partial charge in [-0.15, -0.1) is 0 Å². The lowest BCUT2D eigenvalue weighted by Gasteiger charge is -2.11. The van der Waals surface area contributed by atoms with E-state index in [1.54, 1.807) is 60.7 Å². The number of ether oxygens (including phenoxy) is 1. The van der Waals surface area contributed by atoms with Gasteiger partial charge in [-0.25, -0.2) is 9.59 Å². The van der Waals surface area contributed by atoms with Crippen LogP contribution in [0.15, 0.2) is 93.8 Å². The van der Waals surface area contributed by atoms with Gasteiger partial charge in [-0.1, -0.05) is 47.2 Å². The van der Waals surface area contributed by atoms with Crippen molar-refractivity contribution in [1.29, 1.82) is 0 Å². The van der Waals surface area contributed by atoms with Crippen LogP contribution >= 0.6 is 11.8 Å². The Bertz CT molecular complexity index is 1170. The molecule has 0 saturated heterocycles. The molecular formula is C26H23NO6S. The van der Waals surface area contributed by atoms with Gasteiger partial charge < -0.3 is 14.7 Å². The highest BCUT2D eigenvalue weighted by molar-refractivity contribution is 7.99. The average molecular weight is 478 g/mol. The van der Waals surface area contributed by atoms with Crippen LogP contribution in [0.25, 0.3) is 0 Å². The third kappa shape index (κ3) is 7.13. The van der Waals surface area contributed by atoms with Crippen LogP contribution in [0.1, 0.15) is 46.2 Å². The first kappa shape index (κ1) is 24.9. The Labute approximate surface area is 201 Å². The molecule has 1 unspecified atom stereocenters. The minimum Gasteiger partial charge on any atom is -0.459 e. The first-order valence-electron chi connectivity index (χ1n) is 10.4. The summed E-state index contributed by atoms with van der Waals surface area (Å²) in [5.41, 5.74) is 1.57. The van der Waals surface area contributed by atoms with Gasteiger partial charge in [0.1, 0.15) is 18.4 Å². The number of hydrogen-bond donors (Lipinski definition) is 1. The lowest BCUT2D eigenvalue weighted by molar-refractivity contribution is -0.140. The Balaban J connectivity index is 1.55. The van der Waals surface area contributed by atoms with Gasteiger partial charge >= 0.3 is 11.9 Å². The van der Waals surface area contributed by atoms with Crippen molar-refractivity contribution in [2.75, 3.05) is 6.61 Å². The lowest BCUT2D eigenvalue weighted by atomic mass is 10.1. The molecule has 174 valence electrons. The van der Waals surface area contributed by atoms with E-state index in [4.69, 9.17) is 4.74 Å². The predicted molar refractivity (Wildman–Crippen MR) is 128 cm³/mol. The van der Waals surface area contributed by atoms with Crippen molar-refractivity contribution < 1.29 is 29.1 Å². The number of Topliss-reactive ketones (excluding diaryl/α,β-unsaturated/α-hetero) is 1. The SMILES string of the molecule is CC(=O)O/N=C(\C)C(=O)c1ccc(Sc2ccc(C(=O)OCC(O)c3ccccc3)cc2)cc1. The van der Waals surface area contributed by atoms with Gasteiger partial charge in [0.2, 0.25) is 5.78 Å². The van der Waals surface area contributed by atoms with E-state index in [0.717, 1.165) is 9.79 Å². The monoisotopic (exact) mass is 477 g/mol. The van der Waals surface area contributed by atoms with Gasteiger partial charge in [-0.05, 0) is 61.0 Å². The fourth-order valence-corrected chi connectivity index (χ4v) is 3.68. The number of ketones is 1. The summed E-state index contributed by atoms with van der Waals surface area (Å²) in [7, 11) is 0. The number of nitrogens with zero attached hydrogens (tertiary/aromatic N) is 1. The zero-order valence-corrected chi connectivity index (χ0v) is 19.5. The third-order valence-corrected chi connectivity index (χ3v) is 5.65. The minimum absolute atomic E-state index is 0.0781. The number of esters is 1. The van der Waals surface area contributed by atoms with Gasteiger partial charge in [0.25, 0.3) is 0 Å². The van der Waals surface area contributed by atoms with Crippen molar-refractivity contribution in [1.82, 2.24) is 0 Å². The Morgan fingerprint density at radius 2 is 1.41 bits per heavy atom. The van der Waals surface area contributed by atoms with E-state index >= 15 is 0 Å². The zero-order valence-electron chi connectivity index (χ0n) is 18.6. The zero-order chi connectivity index (χ0) is 24.5. The molecule has 0 aliphatic rings. The highest BCUT2D eigenvalue weighted by atomic mass is 32.2. The largest absolute Gasteiger partial charge is 0.459 e. The molecule has 3 aromatic carbocycles. The highest BCUT2D eigenvalue weighted by Crippen LogP contribution is 2.28. The number of carbonyl (C=O) groups is 3. The maximum atomic E-state index is 12.3. The molecule has 0 aromatic heterocycles. The summed E-state index contributed by atoms with van der Waals surface area (Å²) < 4.78 is 5.22. The molecule has 34 heavy (non-hydrogen) atoms.